The summed E-state index contributed by atoms with van der Waals surface area (Å²) in [6.07, 6.45) is 3.74. The Labute approximate surface area is 142 Å². The van der Waals surface area contributed by atoms with E-state index in [1.165, 1.54) is 4.90 Å². The van der Waals surface area contributed by atoms with Gasteiger partial charge in [-0.2, -0.15) is 0 Å². The average Bonchev–Trinajstić information content (AvgIpc) is 2.63. The molecule has 1 aromatic heterocycles. The number of primary amides is 1. The summed E-state index contributed by atoms with van der Waals surface area (Å²) in [6, 6.07) is 6.03. The highest BCUT2D eigenvalue weighted by Crippen LogP contribution is 2.10. The number of nitrogens with one attached hydrogen (secondary N) is 2. The number of amides is 2. The molecule has 0 radical (unpaired) electrons. The quantitative estimate of drug-likeness (QED) is 0.664. The van der Waals surface area contributed by atoms with Crippen molar-refractivity contribution in [3.8, 4) is 0 Å². The molecule has 2 amide bonds. The number of rotatable bonds is 4. The maximum absolute atomic E-state index is 12.5. The third-order valence-electron chi connectivity index (χ3n) is 5.09. The highest BCUT2D eigenvalue weighted by molar-refractivity contribution is 5.78. The fourth-order valence-corrected chi connectivity index (χ4v) is 3.66. The van der Waals surface area contributed by atoms with E-state index in [-0.39, 0.29) is 17.7 Å². The Morgan fingerprint density at radius 1 is 1.25 bits per heavy atom. The van der Waals surface area contributed by atoms with E-state index in [1.54, 1.807) is 0 Å². The molecule has 0 aromatic carbocycles. The number of H-pyrrole nitrogens is 1. The van der Waals surface area contributed by atoms with Crippen molar-refractivity contribution < 1.29 is 19.5 Å². The van der Waals surface area contributed by atoms with Crippen LogP contribution in [0.3, 0.4) is 0 Å². The Morgan fingerprint density at radius 2 is 2.04 bits per heavy atom. The second-order valence-electron chi connectivity index (χ2n) is 6.74. The van der Waals surface area contributed by atoms with Crippen molar-refractivity contribution in [3.05, 3.63) is 24.4 Å². The number of nitrogens with zero attached hydrogens (tertiary/aromatic N) is 2. The number of nitrogens with two attached hydrogens (primary N) is 1. The zero-order valence-corrected chi connectivity index (χ0v) is 14.0. The second-order valence-corrected chi connectivity index (χ2v) is 6.74. The molecular weight excluding hydrogens is 306 g/mol. The SMILES string of the molecule is NC(=O)[C@@H]1CCC[NH+](CC(=O)N2CCN(c3cccc[nH+]3)CC2)C1. The molecule has 2 atom stereocenters. The van der Waals surface area contributed by atoms with Crippen LogP contribution in [0.5, 0.6) is 0 Å². The lowest BCUT2D eigenvalue weighted by Gasteiger charge is -2.33. The highest BCUT2D eigenvalue weighted by Gasteiger charge is 2.31. The molecule has 0 aliphatic carbocycles. The van der Waals surface area contributed by atoms with Gasteiger partial charge in [0.25, 0.3) is 11.7 Å². The smallest absolute Gasteiger partial charge is 0.278 e. The molecule has 4 N–H and O–H groups in total. The number of likely N-dealkylation sites (tertiary alicyclic amines) is 1. The molecule has 0 spiro atoms. The molecule has 2 aliphatic heterocycles. The van der Waals surface area contributed by atoms with E-state index >= 15 is 0 Å². The van der Waals surface area contributed by atoms with Crippen molar-refractivity contribution in [2.75, 3.05) is 50.7 Å². The van der Waals surface area contributed by atoms with E-state index < -0.39 is 0 Å². The Bertz CT molecular complexity index is 572. The summed E-state index contributed by atoms with van der Waals surface area (Å²) in [5, 5.41) is 0. The molecule has 1 aromatic rings. The van der Waals surface area contributed by atoms with Crippen molar-refractivity contribution >= 4 is 17.6 Å². The zero-order chi connectivity index (χ0) is 16.9. The summed E-state index contributed by atoms with van der Waals surface area (Å²) >= 11 is 0. The predicted octanol–water partition coefficient (Wildman–Crippen LogP) is -2.07. The number of aromatic amines is 1. The minimum Gasteiger partial charge on any atom is -0.369 e. The average molecular weight is 333 g/mol. The van der Waals surface area contributed by atoms with Gasteiger partial charge in [0, 0.05) is 6.07 Å². The van der Waals surface area contributed by atoms with Crippen molar-refractivity contribution in [3.63, 3.8) is 0 Å². The van der Waals surface area contributed by atoms with Gasteiger partial charge in [0.2, 0.25) is 5.91 Å². The molecular formula is C17H27N5O2+2. The Kier molecular flexibility index (Phi) is 5.30. The molecule has 130 valence electrons. The molecule has 2 fully saturated rings. The summed E-state index contributed by atoms with van der Waals surface area (Å²) in [5.41, 5.74) is 5.42. The first-order valence-corrected chi connectivity index (χ1v) is 8.76. The summed E-state index contributed by atoms with van der Waals surface area (Å²) < 4.78 is 0. The fourth-order valence-electron chi connectivity index (χ4n) is 3.66. The van der Waals surface area contributed by atoms with Crippen LogP contribution >= 0.6 is 0 Å². The summed E-state index contributed by atoms with van der Waals surface area (Å²) in [7, 11) is 0. The van der Waals surface area contributed by atoms with Crippen LogP contribution in [0.2, 0.25) is 0 Å². The molecule has 1 unspecified atom stereocenters. The molecule has 3 heterocycles. The molecule has 2 aliphatic rings. The van der Waals surface area contributed by atoms with Crippen LogP contribution in [0.4, 0.5) is 5.82 Å². The standard InChI is InChI=1S/C17H25N5O2/c18-17(24)14-4-3-7-20(12-14)13-16(23)22-10-8-21(9-11-22)15-5-1-2-6-19-15/h1-2,5-6,14H,3-4,7-13H2,(H2,18,24)/p+2/t14-/m1/s1. The van der Waals surface area contributed by atoms with Crippen LogP contribution < -0.4 is 20.5 Å². The lowest BCUT2D eigenvalue weighted by Crippen LogP contribution is -3.15. The van der Waals surface area contributed by atoms with Crippen molar-refractivity contribution in [1.82, 2.24) is 4.90 Å². The van der Waals surface area contributed by atoms with Gasteiger partial charge >= 0.3 is 0 Å². The van der Waals surface area contributed by atoms with E-state index in [0.29, 0.717) is 13.1 Å². The first-order valence-electron chi connectivity index (χ1n) is 8.76. The third kappa shape index (κ3) is 4.03. The molecule has 24 heavy (non-hydrogen) atoms. The lowest BCUT2D eigenvalue weighted by molar-refractivity contribution is -0.899. The largest absolute Gasteiger partial charge is 0.369 e. The summed E-state index contributed by atoms with van der Waals surface area (Å²) in [6.45, 7) is 5.29. The van der Waals surface area contributed by atoms with Crippen LogP contribution in [0.15, 0.2) is 24.4 Å². The molecule has 7 nitrogen and oxygen atoms in total. The van der Waals surface area contributed by atoms with Gasteiger partial charge in [-0.3, -0.25) is 14.5 Å². The number of pyridine rings is 1. The summed E-state index contributed by atoms with van der Waals surface area (Å²) in [5.74, 6) is 0.974. The van der Waals surface area contributed by atoms with Gasteiger partial charge in [-0.15, -0.1) is 0 Å². The van der Waals surface area contributed by atoms with Gasteiger partial charge in [0.15, 0.2) is 6.54 Å². The van der Waals surface area contributed by atoms with Crippen molar-refractivity contribution in [2.24, 2.45) is 11.7 Å². The van der Waals surface area contributed by atoms with E-state index in [0.717, 1.165) is 51.4 Å². The van der Waals surface area contributed by atoms with Crippen LogP contribution in [-0.4, -0.2) is 62.5 Å². The number of carbonyl (C=O) groups excluding carboxylic acids is 2. The number of piperazine rings is 1. The molecule has 2 saturated heterocycles. The number of hydrogen-bond acceptors (Lipinski definition) is 3. The molecule has 3 rings (SSSR count). The highest BCUT2D eigenvalue weighted by atomic mass is 16.2. The van der Waals surface area contributed by atoms with Gasteiger partial charge in [-0.1, -0.05) is 6.07 Å². The van der Waals surface area contributed by atoms with E-state index in [9.17, 15) is 9.59 Å². The topological polar surface area (TPSA) is 85.2 Å². The van der Waals surface area contributed by atoms with Crippen molar-refractivity contribution in [2.45, 2.75) is 12.8 Å². The van der Waals surface area contributed by atoms with Gasteiger partial charge in [-0.05, 0) is 18.9 Å². The summed E-state index contributed by atoms with van der Waals surface area (Å²) in [4.78, 5) is 32.5. The second kappa shape index (κ2) is 7.61. The maximum atomic E-state index is 12.5. The number of anilines is 1. The van der Waals surface area contributed by atoms with Crippen LogP contribution in [0.1, 0.15) is 12.8 Å². The predicted molar refractivity (Wildman–Crippen MR) is 89.3 cm³/mol. The Hall–Kier alpha value is -2.15. The van der Waals surface area contributed by atoms with Crippen LogP contribution in [-0.2, 0) is 9.59 Å². The first kappa shape index (κ1) is 16.7. The number of aromatic nitrogens is 1. The zero-order valence-electron chi connectivity index (χ0n) is 14.0. The van der Waals surface area contributed by atoms with Gasteiger partial charge < -0.3 is 15.5 Å². The number of carbonyl (C=O) groups is 2. The number of piperidine rings is 1. The van der Waals surface area contributed by atoms with E-state index in [4.69, 9.17) is 5.73 Å². The maximum Gasteiger partial charge on any atom is 0.278 e. The van der Waals surface area contributed by atoms with E-state index in [1.807, 2.05) is 23.2 Å². The van der Waals surface area contributed by atoms with Gasteiger partial charge in [-0.25, -0.2) is 4.98 Å². The molecule has 0 saturated carbocycles. The van der Waals surface area contributed by atoms with E-state index in [2.05, 4.69) is 16.0 Å². The Balaban J connectivity index is 1.48. The fraction of sp³-hybridized carbons (Fsp3) is 0.588. The number of quaternary nitrogens is 1. The normalized spacial score (nSPS) is 24.7. The third-order valence-corrected chi connectivity index (χ3v) is 5.09. The van der Waals surface area contributed by atoms with Crippen molar-refractivity contribution in [1.29, 1.82) is 0 Å². The monoisotopic (exact) mass is 333 g/mol. The van der Waals surface area contributed by atoms with Crippen LogP contribution in [0.25, 0.3) is 0 Å². The number of hydrogen-bond donors (Lipinski definition) is 2. The van der Waals surface area contributed by atoms with Crippen LogP contribution in [0, 0.1) is 5.92 Å². The molecule has 7 heteroatoms. The Morgan fingerprint density at radius 3 is 2.71 bits per heavy atom. The minimum absolute atomic E-state index is 0.0768. The minimum atomic E-state index is -0.229. The lowest BCUT2D eigenvalue weighted by atomic mass is 9.97. The van der Waals surface area contributed by atoms with Gasteiger partial charge in [0.05, 0.1) is 38.3 Å². The molecule has 0 bridgehead atoms. The first-order chi connectivity index (χ1) is 11.6. The van der Waals surface area contributed by atoms with Gasteiger partial charge in [0.1, 0.15) is 13.1 Å².